The van der Waals surface area contributed by atoms with E-state index in [1.54, 1.807) is 6.92 Å². The van der Waals surface area contributed by atoms with Gasteiger partial charge < -0.3 is 16.2 Å². The van der Waals surface area contributed by atoms with Crippen LogP contribution in [0.15, 0.2) is 9.59 Å². The number of nitrogens with two attached hydrogens (primary N) is 1. The van der Waals surface area contributed by atoms with Gasteiger partial charge in [-0.05, 0) is 13.3 Å². The zero-order valence-electron chi connectivity index (χ0n) is 9.99. The minimum absolute atomic E-state index is 0.0984. The number of aromatic nitrogens is 2. The highest BCUT2D eigenvalue weighted by atomic mass is 16.3. The van der Waals surface area contributed by atoms with Crippen LogP contribution in [-0.2, 0) is 6.54 Å². The maximum atomic E-state index is 11.5. The molecule has 0 radical (unpaired) electrons. The normalized spacial score (nSPS) is 12.4. The number of hydrogen-bond acceptors (Lipinski definition) is 5. The summed E-state index contributed by atoms with van der Waals surface area (Å²) in [5.74, 6) is 0.0984. The van der Waals surface area contributed by atoms with Crippen molar-refractivity contribution in [1.29, 1.82) is 0 Å². The van der Waals surface area contributed by atoms with E-state index in [9.17, 15) is 9.59 Å². The number of nitrogens with zero attached hydrogens (tertiary/aromatic N) is 1. The van der Waals surface area contributed by atoms with Gasteiger partial charge in [-0.25, -0.2) is 4.79 Å². The molecule has 5 N–H and O–H groups in total. The minimum atomic E-state index is -0.611. The van der Waals surface area contributed by atoms with Gasteiger partial charge in [-0.15, -0.1) is 0 Å². The highest BCUT2D eigenvalue weighted by Crippen LogP contribution is 2.10. The fourth-order valence-electron chi connectivity index (χ4n) is 1.45. The molecule has 1 unspecified atom stereocenters. The molecule has 1 heterocycles. The number of aliphatic hydroxyl groups is 1. The molecular weight excluding hydrogens is 224 g/mol. The lowest BCUT2D eigenvalue weighted by Crippen LogP contribution is -2.35. The summed E-state index contributed by atoms with van der Waals surface area (Å²) in [7, 11) is 0. The summed E-state index contributed by atoms with van der Waals surface area (Å²) in [5.41, 5.74) is 4.79. The van der Waals surface area contributed by atoms with Crippen molar-refractivity contribution in [2.75, 3.05) is 17.6 Å². The van der Waals surface area contributed by atoms with E-state index in [-0.39, 0.29) is 18.1 Å². The second-order valence-corrected chi connectivity index (χ2v) is 3.90. The van der Waals surface area contributed by atoms with Crippen molar-refractivity contribution >= 4 is 11.5 Å². The number of nitrogens with one attached hydrogen (secondary N) is 2. The van der Waals surface area contributed by atoms with E-state index in [0.717, 1.165) is 6.42 Å². The van der Waals surface area contributed by atoms with Gasteiger partial charge in [0.1, 0.15) is 11.5 Å². The fraction of sp³-hybridized carbons (Fsp3) is 0.600. The zero-order chi connectivity index (χ0) is 13.0. The van der Waals surface area contributed by atoms with Crippen LogP contribution in [0.4, 0.5) is 11.5 Å². The van der Waals surface area contributed by atoms with Crippen LogP contribution in [0.1, 0.15) is 20.3 Å². The molecule has 0 spiro atoms. The fourth-order valence-corrected chi connectivity index (χ4v) is 1.45. The Morgan fingerprint density at radius 2 is 2.18 bits per heavy atom. The van der Waals surface area contributed by atoms with Gasteiger partial charge in [-0.3, -0.25) is 14.3 Å². The summed E-state index contributed by atoms with van der Waals surface area (Å²) in [6, 6.07) is 0. The van der Waals surface area contributed by atoms with Crippen molar-refractivity contribution in [2.45, 2.75) is 32.9 Å². The largest absolute Gasteiger partial charge is 0.392 e. The molecule has 0 aromatic carbocycles. The van der Waals surface area contributed by atoms with Crippen molar-refractivity contribution in [3.63, 3.8) is 0 Å². The molecule has 1 rings (SSSR count). The molecule has 0 saturated carbocycles. The van der Waals surface area contributed by atoms with Gasteiger partial charge in [0.05, 0.1) is 6.10 Å². The smallest absolute Gasteiger partial charge is 0.330 e. The lowest BCUT2D eigenvalue weighted by molar-refractivity contribution is 0.208. The third kappa shape index (κ3) is 3.10. The molecular formula is C10H18N4O3. The first-order valence-corrected chi connectivity index (χ1v) is 5.51. The zero-order valence-corrected chi connectivity index (χ0v) is 9.99. The molecule has 0 aliphatic carbocycles. The highest BCUT2D eigenvalue weighted by Gasteiger charge is 2.11. The van der Waals surface area contributed by atoms with Gasteiger partial charge in [0, 0.05) is 13.1 Å². The van der Waals surface area contributed by atoms with Crippen molar-refractivity contribution < 1.29 is 5.11 Å². The molecule has 0 bridgehead atoms. The molecule has 7 nitrogen and oxygen atoms in total. The van der Waals surface area contributed by atoms with E-state index in [0.29, 0.717) is 6.54 Å². The number of rotatable bonds is 5. The first-order valence-electron chi connectivity index (χ1n) is 5.51. The first kappa shape index (κ1) is 13.3. The Kier molecular flexibility index (Phi) is 4.33. The van der Waals surface area contributed by atoms with Crippen LogP contribution in [0.25, 0.3) is 0 Å². The molecule has 1 aromatic rings. The van der Waals surface area contributed by atoms with E-state index in [1.165, 1.54) is 4.57 Å². The summed E-state index contributed by atoms with van der Waals surface area (Å²) in [6.45, 7) is 4.11. The summed E-state index contributed by atoms with van der Waals surface area (Å²) >= 11 is 0. The Labute approximate surface area is 98.3 Å². The van der Waals surface area contributed by atoms with Gasteiger partial charge in [-0.2, -0.15) is 0 Å². The van der Waals surface area contributed by atoms with Crippen LogP contribution >= 0.6 is 0 Å². The molecule has 0 fully saturated rings. The molecule has 1 aromatic heterocycles. The lowest BCUT2D eigenvalue weighted by atomic mass is 10.3. The second kappa shape index (κ2) is 5.53. The Morgan fingerprint density at radius 3 is 2.71 bits per heavy atom. The molecule has 0 saturated heterocycles. The molecule has 1 atom stereocenters. The molecule has 0 aliphatic rings. The average Bonchev–Trinajstić information content (AvgIpc) is 2.23. The predicted octanol–water partition coefficient (Wildman–Crippen LogP) is -0.678. The second-order valence-electron chi connectivity index (χ2n) is 3.90. The Morgan fingerprint density at radius 1 is 1.53 bits per heavy atom. The third-order valence-electron chi connectivity index (χ3n) is 2.26. The number of nitrogen functional groups attached to an aromatic ring is 1. The summed E-state index contributed by atoms with van der Waals surface area (Å²) < 4.78 is 1.30. The van der Waals surface area contributed by atoms with E-state index < -0.39 is 17.4 Å². The number of H-pyrrole nitrogens is 1. The third-order valence-corrected chi connectivity index (χ3v) is 2.26. The van der Waals surface area contributed by atoms with Crippen molar-refractivity contribution in [3.8, 4) is 0 Å². The van der Waals surface area contributed by atoms with Gasteiger partial charge in [0.2, 0.25) is 0 Å². The van der Waals surface area contributed by atoms with E-state index in [4.69, 9.17) is 10.8 Å². The molecule has 0 aliphatic heterocycles. The lowest BCUT2D eigenvalue weighted by Gasteiger charge is -2.13. The first-order chi connectivity index (χ1) is 7.97. The number of anilines is 2. The Balaban J connectivity index is 3.16. The van der Waals surface area contributed by atoms with Crippen LogP contribution in [0.3, 0.4) is 0 Å². The average molecular weight is 242 g/mol. The Bertz CT molecular complexity index is 489. The van der Waals surface area contributed by atoms with Crippen LogP contribution in [0.2, 0.25) is 0 Å². The van der Waals surface area contributed by atoms with Crippen molar-refractivity contribution in [3.05, 3.63) is 20.8 Å². The van der Waals surface area contributed by atoms with Gasteiger partial charge >= 0.3 is 5.69 Å². The topological polar surface area (TPSA) is 113 Å². The summed E-state index contributed by atoms with van der Waals surface area (Å²) in [6.07, 6.45) is 0.117. The molecule has 0 amide bonds. The summed E-state index contributed by atoms with van der Waals surface area (Å²) in [4.78, 5) is 25.2. The summed E-state index contributed by atoms with van der Waals surface area (Å²) in [5, 5.41) is 11.9. The van der Waals surface area contributed by atoms with Gasteiger partial charge in [-0.1, -0.05) is 6.92 Å². The Hall–Kier alpha value is -1.76. The van der Waals surface area contributed by atoms with E-state index in [1.807, 2.05) is 6.92 Å². The predicted molar refractivity (Wildman–Crippen MR) is 66.2 cm³/mol. The molecule has 17 heavy (non-hydrogen) atoms. The van der Waals surface area contributed by atoms with E-state index >= 15 is 0 Å². The van der Waals surface area contributed by atoms with Crippen LogP contribution < -0.4 is 22.3 Å². The van der Waals surface area contributed by atoms with Gasteiger partial charge in [0.25, 0.3) is 5.56 Å². The highest BCUT2D eigenvalue weighted by molar-refractivity contribution is 5.60. The quantitative estimate of drug-likeness (QED) is 0.546. The monoisotopic (exact) mass is 242 g/mol. The molecule has 7 heteroatoms. The van der Waals surface area contributed by atoms with Crippen LogP contribution in [-0.4, -0.2) is 27.3 Å². The SMILES string of the molecule is CCCn1c(N)c(NCC(C)O)c(=O)[nH]c1=O. The van der Waals surface area contributed by atoms with Crippen LogP contribution in [0, 0.1) is 0 Å². The molecule has 96 valence electrons. The van der Waals surface area contributed by atoms with Crippen molar-refractivity contribution in [1.82, 2.24) is 9.55 Å². The van der Waals surface area contributed by atoms with Gasteiger partial charge in [0.15, 0.2) is 0 Å². The number of hydrogen-bond donors (Lipinski definition) is 4. The van der Waals surface area contributed by atoms with Crippen LogP contribution in [0.5, 0.6) is 0 Å². The maximum Gasteiger partial charge on any atom is 0.330 e. The standard InChI is InChI=1S/C10H18N4O3/c1-3-4-14-8(11)7(12-5-6(2)15)9(16)13-10(14)17/h6,12,15H,3-5,11H2,1-2H3,(H,13,16,17). The van der Waals surface area contributed by atoms with Crippen molar-refractivity contribution in [2.24, 2.45) is 0 Å². The maximum absolute atomic E-state index is 11.5. The number of aliphatic hydroxyl groups excluding tert-OH is 1. The van der Waals surface area contributed by atoms with E-state index in [2.05, 4.69) is 10.3 Å². The minimum Gasteiger partial charge on any atom is -0.392 e. The number of aromatic amines is 1.